The molecule has 0 aliphatic heterocycles. The predicted octanol–water partition coefficient (Wildman–Crippen LogP) is 2.30. The minimum atomic E-state index is -0.301. The van der Waals surface area contributed by atoms with Gasteiger partial charge in [0.05, 0.1) is 11.9 Å². The quantitative estimate of drug-likeness (QED) is 0.787. The average molecular weight is 290 g/mol. The Bertz CT molecular complexity index is 614. The maximum Gasteiger partial charge on any atom is 0.169 e. The highest BCUT2D eigenvalue weighted by Crippen LogP contribution is 2.23. The van der Waals surface area contributed by atoms with Gasteiger partial charge < -0.3 is 16.2 Å². The van der Waals surface area contributed by atoms with Gasteiger partial charge in [-0.15, -0.1) is 0 Å². The molecule has 0 unspecified atom stereocenters. The zero-order valence-corrected chi connectivity index (χ0v) is 12.1. The van der Waals surface area contributed by atoms with Crippen LogP contribution >= 0.6 is 0 Å². The molecule has 0 bridgehead atoms. The highest BCUT2D eigenvalue weighted by molar-refractivity contribution is 5.65. The van der Waals surface area contributed by atoms with Gasteiger partial charge >= 0.3 is 0 Å². The monoisotopic (exact) mass is 290 g/mol. The molecule has 0 amide bonds. The number of halogens is 1. The molecule has 0 radical (unpaired) electrons. The molecule has 1 heterocycles. The molecule has 4 N–H and O–H groups in total. The fourth-order valence-corrected chi connectivity index (χ4v) is 1.67. The molecule has 0 fully saturated rings. The summed E-state index contributed by atoms with van der Waals surface area (Å²) in [4.78, 5) is 8.51. The first-order valence-electron chi connectivity index (χ1n) is 6.64. The van der Waals surface area contributed by atoms with Gasteiger partial charge in [-0.25, -0.2) is 14.4 Å². The van der Waals surface area contributed by atoms with Crippen LogP contribution in [0.15, 0.2) is 30.5 Å². The van der Waals surface area contributed by atoms with E-state index in [1.165, 1.54) is 12.1 Å². The molecule has 21 heavy (non-hydrogen) atoms. The Morgan fingerprint density at radius 3 is 2.57 bits per heavy atom. The van der Waals surface area contributed by atoms with Gasteiger partial charge in [-0.2, -0.15) is 0 Å². The Balaban J connectivity index is 2.23. The molecule has 0 saturated heterocycles. The maximum absolute atomic E-state index is 12.9. The number of nitrogen functional groups attached to an aromatic ring is 1. The number of anilines is 2. The van der Waals surface area contributed by atoms with E-state index in [0.717, 1.165) is 5.56 Å². The van der Waals surface area contributed by atoms with E-state index >= 15 is 0 Å². The van der Waals surface area contributed by atoms with Crippen LogP contribution in [0.5, 0.6) is 0 Å². The summed E-state index contributed by atoms with van der Waals surface area (Å²) in [6.07, 6.45) is 1.55. The van der Waals surface area contributed by atoms with E-state index < -0.39 is 0 Å². The van der Waals surface area contributed by atoms with Crippen LogP contribution in [-0.2, 0) is 0 Å². The fourth-order valence-electron chi connectivity index (χ4n) is 1.67. The lowest BCUT2D eigenvalue weighted by molar-refractivity contribution is 0.171. The van der Waals surface area contributed by atoms with Crippen LogP contribution < -0.4 is 11.1 Å². The van der Waals surface area contributed by atoms with Crippen LogP contribution in [0.1, 0.15) is 13.8 Å². The molecule has 0 saturated carbocycles. The first-order chi connectivity index (χ1) is 9.91. The predicted molar refractivity (Wildman–Crippen MR) is 81.2 cm³/mol. The van der Waals surface area contributed by atoms with Crippen LogP contribution in [0.4, 0.5) is 16.0 Å². The van der Waals surface area contributed by atoms with E-state index in [9.17, 15) is 9.50 Å². The SMILES string of the molecule is CC(C)(CO)CNc1nc(-c2ccc(F)cc2)cnc1N. The van der Waals surface area contributed by atoms with Gasteiger partial charge in [-0.1, -0.05) is 13.8 Å². The summed E-state index contributed by atoms with van der Waals surface area (Å²) >= 11 is 0. The van der Waals surface area contributed by atoms with Crippen molar-refractivity contribution in [1.82, 2.24) is 9.97 Å². The summed E-state index contributed by atoms with van der Waals surface area (Å²) in [5.41, 5.74) is 6.88. The fraction of sp³-hybridized carbons (Fsp3) is 0.333. The van der Waals surface area contributed by atoms with Gasteiger partial charge in [-0.05, 0) is 24.3 Å². The number of nitrogens with two attached hydrogens (primary N) is 1. The Labute approximate surface area is 123 Å². The normalized spacial score (nSPS) is 11.4. The zero-order valence-electron chi connectivity index (χ0n) is 12.1. The number of rotatable bonds is 5. The molecule has 0 atom stereocenters. The van der Waals surface area contributed by atoms with Crippen molar-refractivity contribution in [3.8, 4) is 11.3 Å². The Kier molecular flexibility index (Phi) is 4.37. The van der Waals surface area contributed by atoms with Gasteiger partial charge in [0.15, 0.2) is 11.6 Å². The van der Waals surface area contributed by atoms with Crippen molar-refractivity contribution in [3.05, 3.63) is 36.3 Å². The highest BCUT2D eigenvalue weighted by Gasteiger charge is 2.17. The summed E-state index contributed by atoms with van der Waals surface area (Å²) in [6.45, 7) is 4.40. The zero-order chi connectivity index (χ0) is 15.5. The van der Waals surface area contributed by atoms with Crippen LogP contribution in [0.2, 0.25) is 0 Å². The lowest BCUT2D eigenvalue weighted by atomic mass is 9.95. The van der Waals surface area contributed by atoms with Crippen LogP contribution in [-0.4, -0.2) is 28.2 Å². The Morgan fingerprint density at radius 2 is 1.95 bits per heavy atom. The molecule has 2 rings (SSSR count). The lowest BCUT2D eigenvalue weighted by Crippen LogP contribution is -2.27. The minimum Gasteiger partial charge on any atom is -0.396 e. The maximum atomic E-state index is 12.9. The van der Waals surface area contributed by atoms with Gasteiger partial charge in [0, 0.05) is 24.1 Å². The third kappa shape index (κ3) is 3.88. The molecule has 0 aliphatic rings. The van der Waals surface area contributed by atoms with E-state index in [-0.39, 0.29) is 23.7 Å². The number of nitrogens with one attached hydrogen (secondary N) is 1. The van der Waals surface area contributed by atoms with Gasteiger partial charge in [-0.3, -0.25) is 0 Å². The van der Waals surface area contributed by atoms with Crippen molar-refractivity contribution in [2.75, 3.05) is 24.2 Å². The second kappa shape index (κ2) is 6.05. The van der Waals surface area contributed by atoms with Crippen LogP contribution in [0, 0.1) is 11.2 Å². The Hall–Kier alpha value is -2.21. The van der Waals surface area contributed by atoms with Crippen LogP contribution in [0.3, 0.4) is 0 Å². The summed E-state index contributed by atoms with van der Waals surface area (Å²) < 4.78 is 12.9. The molecule has 112 valence electrons. The number of hydrogen-bond donors (Lipinski definition) is 3. The molecule has 1 aromatic carbocycles. The summed E-state index contributed by atoms with van der Waals surface area (Å²) in [7, 11) is 0. The first-order valence-corrected chi connectivity index (χ1v) is 6.64. The second-order valence-electron chi connectivity index (χ2n) is 5.67. The third-order valence-corrected chi connectivity index (χ3v) is 3.10. The number of hydrogen-bond acceptors (Lipinski definition) is 5. The van der Waals surface area contributed by atoms with Crippen molar-refractivity contribution in [3.63, 3.8) is 0 Å². The van der Waals surface area contributed by atoms with E-state index in [4.69, 9.17) is 5.73 Å². The topological polar surface area (TPSA) is 84.1 Å². The molecule has 2 aromatic rings. The van der Waals surface area contributed by atoms with Crippen molar-refractivity contribution < 1.29 is 9.50 Å². The van der Waals surface area contributed by atoms with E-state index in [2.05, 4.69) is 15.3 Å². The Morgan fingerprint density at radius 1 is 1.29 bits per heavy atom. The van der Waals surface area contributed by atoms with Gasteiger partial charge in [0.2, 0.25) is 0 Å². The first kappa shape index (κ1) is 15.2. The second-order valence-corrected chi connectivity index (χ2v) is 5.67. The average Bonchev–Trinajstić information content (AvgIpc) is 2.47. The molecular formula is C15H19FN4O. The number of nitrogens with zero attached hydrogens (tertiary/aromatic N) is 2. The van der Waals surface area contributed by atoms with Gasteiger partial charge in [0.1, 0.15) is 5.82 Å². The van der Waals surface area contributed by atoms with Crippen molar-refractivity contribution in [2.24, 2.45) is 5.41 Å². The molecular weight excluding hydrogens is 271 g/mol. The molecule has 5 nitrogen and oxygen atoms in total. The number of aliphatic hydroxyl groups is 1. The van der Waals surface area contributed by atoms with Gasteiger partial charge in [0.25, 0.3) is 0 Å². The summed E-state index contributed by atoms with van der Waals surface area (Å²) in [5, 5.41) is 12.4. The molecule has 0 spiro atoms. The van der Waals surface area contributed by atoms with Crippen molar-refractivity contribution >= 4 is 11.6 Å². The van der Waals surface area contributed by atoms with Crippen molar-refractivity contribution in [2.45, 2.75) is 13.8 Å². The number of aliphatic hydroxyl groups excluding tert-OH is 1. The highest BCUT2D eigenvalue weighted by atomic mass is 19.1. The number of benzene rings is 1. The molecule has 6 heteroatoms. The molecule has 1 aromatic heterocycles. The van der Waals surface area contributed by atoms with Crippen LogP contribution in [0.25, 0.3) is 11.3 Å². The largest absolute Gasteiger partial charge is 0.396 e. The van der Waals surface area contributed by atoms with E-state index in [0.29, 0.717) is 18.1 Å². The number of aromatic nitrogens is 2. The van der Waals surface area contributed by atoms with Crippen molar-refractivity contribution in [1.29, 1.82) is 0 Å². The lowest BCUT2D eigenvalue weighted by Gasteiger charge is -2.22. The third-order valence-electron chi connectivity index (χ3n) is 3.10. The van der Waals surface area contributed by atoms with E-state index in [1.807, 2.05) is 13.8 Å². The minimum absolute atomic E-state index is 0.0466. The smallest absolute Gasteiger partial charge is 0.169 e. The summed E-state index contributed by atoms with van der Waals surface area (Å²) in [5.74, 6) is 0.443. The summed E-state index contributed by atoms with van der Waals surface area (Å²) in [6, 6.07) is 6.01. The molecule has 0 aliphatic carbocycles. The standard InChI is InChI=1S/C15H19FN4O/c1-15(2,9-21)8-19-14-13(17)18-7-12(20-14)10-3-5-11(16)6-4-10/h3-7,21H,8-9H2,1-2H3,(H2,17,18)(H,19,20). The van der Waals surface area contributed by atoms with E-state index in [1.54, 1.807) is 18.3 Å².